The number of aromatic amines is 1. The molecule has 1 saturated heterocycles. The number of fused-ring (bicyclic) bond motifs is 1. The number of hydrogen-bond acceptors (Lipinski definition) is 7. The van der Waals surface area contributed by atoms with Gasteiger partial charge in [0.1, 0.15) is 0 Å². The highest BCUT2D eigenvalue weighted by atomic mass is 32.2. The Morgan fingerprint density at radius 1 is 1.14 bits per heavy atom. The van der Waals surface area contributed by atoms with Gasteiger partial charge >= 0.3 is 0 Å². The fourth-order valence-corrected chi connectivity index (χ4v) is 5.02. The summed E-state index contributed by atoms with van der Waals surface area (Å²) in [6.07, 6.45) is 0.684. The number of nitrogens with one attached hydrogen (secondary N) is 2. The van der Waals surface area contributed by atoms with Crippen molar-refractivity contribution >= 4 is 40.1 Å². The summed E-state index contributed by atoms with van der Waals surface area (Å²) in [6, 6.07) is 17.6. The summed E-state index contributed by atoms with van der Waals surface area (Å²) in [5, 5.41) is 10.7. The first-order valence-corrected chi connectivity index (χ1v) is 12.9. The zero-order valence-electron chi connectivity index (χ0n) is 20.1. The quantitative estimate of drug-likeness (QED) is 0.280. The van der Waals surface area contributed by atoms with Gasteiger partial charge < -0.3 is 15.0 Å². The van der Waals surface area contributed by atoms with Crippen LogP contribution in [0.4, 0.5) is 11.5 Å². The molecule has 0 atom stereocenters. The average molecular weight is 505 g/mol. The predicted octanol–water partition coefficient (Wildman–Crippen LogP) is 3.24. The van der Waals surface area contributed by atoms with Gasteiger partial charge in [-0.3, -0.25) is 19.3 Å². The van der Waals surface area contributed by atoms with Crippen LogP contribution >= 0.6 is 11.8 Å². The number of carbonyl (C=O) groups excluding carboxylic acids is 1. The van der Waals surface area contributed by atoms with Gasteiger partial charge in [0.05, 0.1) is 29.9 Å². The Hall–Kier alpha value is -3.63. The molecule has 2 N–H and O–H groups in total. The second-order valence-corrected chi connectivity index (χ2v) is 9.60. The summed E-state index contributed by atoms with van der Waals surface area (Å²) in [7, 11) is 0. The van der Waals surface area contributed by atoms with Crippen molar-refractivity contribution in [2.75, 3.05) is 42.3 Å². The van der Waals surface area contributed by atoms with Crippen molar-refractivity contribution in [3.63, 3.8) is 0 Å². The number of aryl methyl sites for hydroxylation is 2. The van der Waals surface area contributed by atoms with E-state index in [2.05, 4.69) is 20.4 Å². The van der Waals surface area contributed by atoms with E-state index in [0.717, 1.165) is 30.0 Å². The number of aromatic nitrogens is 4. The van der Waals surface area contributed by atoms with Gasteiger partial charge in [0.25, 0.3) is 5.56 Å². The molecule has 0 radical (unpaired) electrons. The molecule has 0 saturated carbocycles. The van der Waals surface area contributed by atoms with Crippen LogP contribution in [0, 0.1) is 6.92 Å². The van der Waals surface area contributed by atoms with Crippen molar-refractivity contribution in [3.8, 4) is 0 Å². The summed E-state index contributed by atoms with van der Waals surface area (Å²) in [4.78, 5) is 33.3. The highest BCUT2D eigenvalue weighted by Gasteiger charge is 2.17. The fourth-order valence-electron chi connectivity index (χ4n) is 4.19. The third-order valence-electron chi connectivity index (χ3n) is 6.05. The Balaban J connectivity index is 1.43. The van der Waals surface area contributed by atoms with Crippen LogP contribution in [0.3, 0.4) is 0 Å². The number of amides is 1. The molecular formula is C26H28N6O3S. The maximum absolute atomic E-state index is 13.7. The predicted molar refractivity (Wildman–Crippen MR) is 142 cm³/mol. The van der Waals surface area contributed by atoms with Crippen molar-refractivity contribution in [2.45, 2.75) is 25.0 Å². The largest absolute Gasteiger partial charge is 0.378 e. The van der Waals surface area contributed by atoms with Crippen molar-refractivity contribution in [1.82, 2.24) is 19.7 Å². The van der Waals surface area contributed by atoms with Crippen molar-refractivity contribution in [1.29, 1.82) is 0 Å². The number of H-pyrrole nitrogens is 1. The molecule has 10 heteroatoms. The summed E-state index contributed by atoms with van der Waals surface area (Å²) >= 11 is 1.25. The van der Waals surface area contributed by atoms with Crippen LogP contribution in [0.2, 0.25) is 0 Å². The smallest absolute Gasteiger partial charge is 0.262 e. The van der Waals surface area contributed by atoms with Crippen molar-refractivity contribution < 1.29 is 9.53 Å². The van der Waals surface area contributed by atoms with E-state index >= 15 is 0 Å². The zero-order chi connectivity index (χ0) is 24.9. The SMILES string of the molecule is Cc1cc(NC(=O)CSc2nc3ccc(N4CCOCC4)cc3c(=O)n2CCc2ccccc2)n[nH]1. The first kappa shape index (κ1) is 24.1. The molecular weight excluding hydrogens is 476 g/mol. The number of morpholine rings is 1. The Bertz CT molecular complexity index is 1410. The molecule has 4 aromatic rings. The van der Waals surface area contributed by atoms with E-state index in [1.165, 1.54) is 11.8 Å². The summed E-state index contributed by atoms with van der Waals surface area (Å²) in [6.45, 7) is 5.27. The van der Waals surface area contributed by atoms with Gasteiger partial charge in [-0.05, 0) is 37.1 Å². The van der Waals surface area contributed by atoms with Crippen molar-refractivity contribution in [3.05, 3.63) is 76.2 Å². The monoisotopic (exact) mass is 504 g/mol. The number of benzene rings is 2. The molecule has 5 rings (SSSR count). The zero-order valence-corrected chi connectivity index (χ0v) is 20.9. The Morgan fingerprint density at radius 2 is 1.94 bits per heavy atom. The molecule has 0 spiro atoms. The topological polar surface area (TPSA) is 105 Å². The van der Waals surface area contributed by atoms with Gasteiger partial charge in [-0.2, -0.15) is 5.10 Å². The van der Waals surface area contributed by atoms with Gasteiger partial charge in [-0.25, -0.2) is 4.98 Å². The van der Waals surface area contributed by atoms with E-state index < -0.39 is 0 Å². The van der Waals surface area contributed by atoms with E-state index in [0.29, 0.717) is 48.1 Å². The van der Waals surface area contributed by atoms with Crippen LogP contribution < -0.4 is 15.8 Å². The van der Waals surface area contributed by atoms with Crippen molar-refractivity contribution in [2.24, 2.45) is 0 Å². The Labute approximate surface area is 212 Å². The molecule has 1 aliphatic rings. The first-order valence-electron chi connectivity index (χ1n) is 11.9. The minimum absolute atomic E-state index is 0.100. The van der Waals surface area contributed by atoms with Crippen LogP contribution in [-0.4, -0.2) is 57.7 Å². The van der Waals surface area contributed by atoms with Crippen LogP contribution in [0.1, 0.15) is 11.3 Å². The highest BCUT2D eigenvalue weighted by Crippen LogP contribution is 2.23. The van der Waals surface area contributed by atoms with Gasteiger partial charge in [0.15, 0.2) is 11.0 Å². The summed E-state index contributed by atoms with van der Waals surface area (Å²) in [5.74, 6) is 0.376. The van der Waals surface area contributed by atoms with Crippen LogP contribution in [0.15, 0.2) is 64.5 Å². The second-order valence-electron chi connectivity index (χ2n) is 8.66. The van der Waals surface area contributed by atoms with E-state index in [1.54, 1.807) is 10.6 Å². The number of thioether (sulfide) groups is 1. The third kappa shape index (κ3) is 5.60. The molecule has 0 unspecified atom stereocenters. The van der Waals surface area contributed by atoms with Crippen LogP contribution in [0.5, 0.6) is 0 Å². The molecule has 186 valence electrons. The highest BCUT2D eigenvalue weighted by molar-refractivity contribution is 7.99. The molecule has 0 bridgehead atoms. The molecule has 1 amide bonds. The lowest BCUT2D eigenvalue weighted by atomic mass is 10.1. The van der Waals surface area contributed by atoms with E-state index in [4.69, 9.17) is 9.72 Å². The van der Waals surface area contributed by atoms with Crippen LogP contribution in [-0.2, 0) is 22.5 Å². The second kappa shape index (κ2) is 11.0. The number of ether oxygens (including phenoxy) is 1. The molecule has 36 heavy (non-hydrogen) atoms. The van der Waals surface area contributed by atoms with E-state index in [1.807, 2.05) is 55.5 Å². The molecule has 2 aromatic carbocycles. The molecule has 3 heterocycles. The molecule has 1 fully saturated rings. The maximum atomic E-state index is 13.7. The molecule has 1 aliphatic heterocycles. The Kier molecular flexibility index (Phi) is 7.33. The third-order valence-corrected chi connectivity index (χ3v) is 7.03. The fraction of sp³-hybridized carbons (Fsp3) is 0.308. The summed E-state index contributed by atoms with van der Waals surface area (Å²) < 4.78 is 7.15. The van der Waals surface area contributed by atoms with Gasteiger partial charge in [0, 0.05) is 37.1 Å². The molecule has 0 aliphatic carbocycles. The molecule has 2 aromatic heterocycles. The first-order chi connectivity index (χ1) is 17.6. The standard InChI is InChI=1S/C26H28N6O3S/c1-18-15-23(30-29-18)28-24(33)17-36-26-27-22-8-7-20(31-11-13-35-14-12-31)16-21(22)25(34)32(26)10-9-19-5-3-2-4-6-19/h2-8,15-16H,9-14,17H2,1H3,(H2,28,29,30,33). The number of hydrogen-bond donors (Lipinski definition) is 2. The number of rotatable bonds is 8. The molecule has 9 nitrogen and oxygen atoms in total. The normalized spacial score (nSPS) is 13.8. The lowest BCUT2D eigenvalue weighted by Crippen LogP contribution is -2.36. The van der Waals surface area contributed by atoms with Gasteiger partial charge in [-0.15, -0.1) is 0 Å². The lowest BCUT2D eigenvalue weighted by molar-refractivity contribution is -0.113. The minimum atomic E-state index is -0.210. The maximum Gasteiger partial charge on any atom is 0.262 e. The van der Waals surface area contributed by atoms with E-state index in [9.17, 15) is 9.59 Å². The average Bonchev–Trinajstić information content (AvgIpc) is 3.32. The van der Waals surface area contributed by atoms with Gasteiger partial charge in [-0.1, -0.05) is 42.1 Å². The van der Waals surface area contributed by atoms with Crippen LogP contribution in [0.25, 0.3) is 10.9 Å². The number of anilines is 2. The van der Waals surface area contributed by atoms with Gasteiger partial charge in [0.2, 0.25) is 5.91 Å². The lowest BCUT2D eigenvalue weighted by Gasteiger charge is -2.29. The number of nitrogens with zero attached hydrogens (tertiary/aromatic N) is 4. The Morgan fingerprint density at radius 3 is 2.69 bits per heavy atom. The summed E-state index contributed by atoms with van der Waals surface area (Å²) in [5.41, 5.74) is 3.51. The number of carbonyl (C=O) groups is 1. The minimum Gasteiger partial charge on any atom is -0.378 e. The van der Waals surface area contributed by atoms with E-state index in [-0.39, 0.29) is 17.2 Å².